The lowest BCUT2D eigenvalue weighted by Crippen LogP contribution is -2.48. The molecule has 1 atom stereocenters. The largest absolute Gasteiger partial charge is 0.377 e. The van der Waals surface area contributed by atoms with Gasteiger partial charge in [0.2, 0.25) is 0 Å². The lowest BCUT2D eigenvalue weighted by Gasteiger charge is -2.35. The van der Waals surface area contributed by atoms with E-state index in [2.05, 4.69) is 12.6 Å². The van der Waals surface area contributed by atoms with Gasteiger partial charge in [-0.15, -0.1) is 12.6 Å². The van der Waals surface area contributed by atoms with Crippen molar-refractivity contribution in [3.8, 4) is 0 Å². The van der Waals surface area contributed by atoms with Crippen LogP contribution in [0.25, 0.3) is 0 Å². The summed E-state index contributed by atoms with van der Waals surface area (Å²) < 4.78 is 18.5. The summed E-state index contributed by atoms with van der Waals surface area (Å²) >= 11 is 4.00. The molecular weight excluding hydrogens is 253 g/mol. The molecule has 98 valence electrons. The van der Waals surface area contributed by atoms with E-state index in [1.54, 1.807) is 4.90 Å². The van der Waals surface area contributed by atoms with Gasteiger partial charge >= 0.3 is 0 Å². The molecule has 0 bridgehead atoms. The van der Waals surface area contributed by atoms with Gasteiger partial charge in [0.1, 0.15) is 5.82 Å². The molecule has 1 aromatic rings. The SMILES string of the molecule is CCC1COCCN1C(=O)c1ccc(F)c(S)c1. The van der Waals surface area contributed by atoms with Crippen molar-refractivity contribution in [2.75, 3.05) is 19.8 Å². The van der Waals surface area contributed by atoms with Crippen LogP contribution in [0.15, 0.2) is 23.1 Å². The van der Waals surface area contributed by atoms with Gasteiger partial charge in [-0.3, -0.25) is 4.79 Å². The zero-order valence-corrected chi connectivity index (χ0v) is 11.1. The number of benzene rings is 1. The fraction of sp³-hybridized carbons (Fsp3) is 0.462. The van der Waals surface area contributed by atoms with Crippen molar-refractivity contribution in [1.82, 2.24) is 4.90 Å². The zero-order chi connectivity index (χ0) is 13.1. The summed E-state index contributed by atoms with van der Waals surface area (Å²) in [5.41, 5.74) is 0.474. The molecule has 1 saturated heterocycles. The summed E-state index contributed by atoms with van der Waals surface area (Å²) in [6.07, 6.45) is 0.848. The first-order valence-electron chi connectivity index (χ1n) is 6.00. The number of halogens is 1. The van der Waals surface area contributed by atoms with E-state index in [4.69, 9.17) is 4.74 Å². The Morgan fingerprint density at radius 3 is 3.06 bits per heavy atom. The van der Waals surface area contributed by atoms with Crippen LogP contribution in [-0.4, -0.2) is 36.6 Å². The number of carbonyl (C=O) groups excluding carboxylic acids is 1. The first-order valence-corrected chi connectivity index (χ1v) is 6.45. The minimum Gasteiger partial charge on any atom is -0.377 e. The number of morpholine rings is 1. The molecular formula is C13H16FNO2S. The predicted molar refractivity (Wildman–Crippen MR) is 69.6 cm³/mol. The maximum absolute atomic E-state index is 13.1. The van der Waals surface area contributed by atoms with E-state index in [0.29, 0.717) is 25.3 Å². The minimum absolute atomic E-state index is 0.0829. The van der Waals surface area contributed by atoms with Gasteiger partial charge in [-0.1, -0.05) is 6.92 Å². The Bertz CT molecular complexity index is 453. The Balaban J connectivity index is 2.21. The highest BCUT2D eigenvalue weighted by molar-refractivity contribution is 7.80. The van der Waals surface area contributed by atoms with Crippen LogP contribution in [0.5, 0.6) is 0 Å². The second kappa shape index (κ2) is 5.71. The van der Waals surface area contributed by atoms with E-state index in [1.165, 1.54) is 18.2 Å². The molecule has 0 spiro atoms. The molecule has 1 heterocycles. The van der Waals surface area contributed by atoms with Gasteiger partial charge in [-0.05, 0) is 24.6 Å². The van der Waals surface area contributed by atoms with E-state index in [9.17, 15) is 9.18 Å². The average molecular weight is 269 g/mol. The summed E-state index contributed by atoms with van der Waals surface area (Å²) in [4.78, 5) is 14.3. The van der Waals surface area contributed by atoms with Crippen molar-refractivity contribution >= 4 is 18.5 Å². The van der Waals surface area contributed by atoms with Gasteiger partial charge in [-0.2, -0.15) is 0 Å². The van der Waals surface area contributed by atoms with E-state index in [0.717, 1.165) is 6.42 Å². The molecule has 1 unspecified atom stereocenters. The lowest BCUT2D eigenvalue weighted by atomic mass is 10.1. The lowest BCUT2D eigenvalue weighted by molar-refractivity contribution is -0.00281. The summed E-state index contributed by atoms with van der Waals surface area (Å²) in [7, 11) is 0. The van der Waals surface area contributed by atoms with Crippen LogP contribution in [-0.2, 0) is 4.74 Å². The number of carbonyl (C=O) groups is 1. The van der Waals surface area contributed by atoms with Crippen LogP contribution in [0.3, 0.4) is 0 Å². The summed E-state index contributed by atoms with van der Waals surface area (Å²) in [5, 5.41) is 0. The van der Waals surface area contributed by atoms with Gasteiger partial charge in [0.15, 0.2) is 0 Å². The molecule has 1 amide bonds. The van der Waals surface area contributed by atoms with E-state index in [1.807, 2.05) is 6.92 Å². The second-order valence-corrected chi connectivity index (χ2v) is 4.78. The molecule has 1 aliphatic heterocycles. The van der Waals surface area contributed by atoms with Crippen LogP contribution >= 0.6 is 12.6 Å². The normalized spacial score (nSPS) is 19.9. The van der Waals surface area contributed by atoms with Crippen LogP contribution in [0.2, 0.25) is 0 Å². The number of hydrogen-bond donors (Lipinski definition) is 1. The molecule has 5 heteroatoms. The Labute approximate surface area is 111 Å². The molecule has 0 N–H and O–H groups in total. The fourth-order valence-corrected chi connectivity index (χ4v) is 2.29. The topological polar surface area (TPSA) is 29.5 Å². The molecule has 18 heavy (non-hydrogen) atoms. The Morgan fingerprint density at radius 2 is 2.39 bits per heavy atom. The van der Waals surface area contributed by atoms with Crippen LogP contribution in [0.1, 0.15) is 23.7 Å². The number of amides is 1. The Morgan fingerprint density at radius 1 is 1.61 bits per heavy atom. The Kier molecular flexibility index (Phi) is 4.24. The molecule has 1 fully saturated rings. The third kappa shape index (κ3) is 2.67. The van der Waals surface area contributed by atoms with E-state index in [-0.39, 0.29) is 16.8 Å². The average Bonchev–Trinajstić information content (AvgIpc) is 2.41. The summed E-state index contributed by atoms with van der Waals surface area (Å²) in [6.45, 7) is 3.72. The number of rotatable bonds is 2. The molecule has 2 rings (SSSR count). The fourth-order valence-electron chi connectivity index (χ4n) is 2.07. The van der Waals surface area contributed by atoms with Gasteiger partial charge < -0.3 is 9.64 Å². The molecule has 1 aliphatic rings. The van der Waals surface area contributed by atoms with Crippen LogP contribution in [0, 0.1) is 5.82 Å². The Hall–Kier alpha value is -1.07. The molecule has 3 nitrogen and oxygen atoms in total. The van der Waals surface area contributed by atoms with Crippen LogP contribution < -0.4 is 0 Å². The minimum atomic E-state index is -0.413. The highest BCUT2D eigenvalue weighted by atomic mass is 32.1. The van der Waals surface area contributed by atoms with Gasteiger partial charge in [-0.25, -0.2) is 4.39 Å². The predicted octanol–water partition coefficient (Wildman–Crippen LogP) is 2.37. The highest BCUT2D eigenvalue weighted by Crippen LogP contribution is 2.19. The van der Waals surface area contributed by atoms with Crippen molar-refractivity contribution in [2.45, 2.75) is 24.3 Å². The number of hydrogen-bond acceptors (Lipinski definition) is 3. The number of nitrogens with zero attached hydrogens (tertiary/aromatic N) is 1. The third-order valence-corrected chi connectivity index (χ3v) is 3.50. The van der Waals surface area contributed by atoms with E-state index >= 15 is 0 Å². The van der Waals surface area contributed by atoms with Crippen LogP contribution in [0.4, 0.5) is 4.39 Å². The van der Waals surface area contributed by atoms with Crippen molar-refractivity contribution < 1.29 is 13.9 Å². The molecule has 0 aliphatic carbocycles. The molecule has 0 radical (unpaired) electrons. The van der Waals surface area contributed by atoms with Crippen molar-refractivity contribution in [3.63, 3.8) is 0 Å². The molecule has 0 aromatic heterocycles. The third-order valence-electron chi connectivity index (χ3n) is 3.15. The van der Waals surface area contributed by atoms with Crippen molar-refractivity contribution in [2.24, 2.45) is 0 Å². The summed E-state index contributed by atoms with van der Waals surface area (Å²) in [5.74, 6) is -0.496. The first kappa shape index (κ1) is 13.4. The summed E-state index contributed by atoms with van der Waals surface area (Å²) in [6, 6.07) is 4.35. The molecule has 0 saturated carbocycles. The first-order chi connectivity index (χ1) is 8.63. The van der Waals surface area contributed by atoms with Gasteiger partial charge in [0.05, 0.1) is 19.3 Å². The maximum atomic E-state index is 13.1. The highest BCUT2D eigenvalue weighted by Gasteiger charge is 2.26. The van der Waals surface area contributed by atoms with Crippen molar-refractivity contribution in [3.05, 3.63) is 29.6 Å². The standard InChI is InChI=1S/C13H16FNO2S/c1-2-10-8-17-6-5-15(10)13(16)9-3-4-11(14)12(18)7-9/h3-4,7,10,18H,2,5-6,8H2,1H3. The molecule has 1 aromatic carbocycles. The van der Waals surface area contributed by atoms with Gasteiger partial charge in [0.25, 0.3) is 5.91 Å². The zero-order valence-electron chi connectivity index (χ0n) is 10.2. The second-order valence-electron chi connectivity index (χ2n) is 4.30. The smallest absolute Gasteiger partial charge is 0.254 e. The quantitative estimate of drug-likeness (QED) is 0.835. The maximum Gasteiger partial charge on any atom is 0.254 e. The number of thiol groups is 1. The number of ether oxygens (including phenoxy) is 1. The van der Waals surface area contributed by atoms with E-state index < -0.39 is 5.82 Å². The van der Waals surface area contributed by atoms with Gasteiger partial charge in [0, 0.05) is 17.0 Å². The van der Waals surface area contributed by atoms with Crippen molar-refractivity contribution in [1.29, 1.82) is 0 Å². The monoisotopic (exact) mass is 269 g/mol.